The van der Waals surface area contributed by atoms with Crippen LogP contribution in [0.15, 0.2) is 0 Å². The highest BCUT2D eigenvalue weighted by Gasteiger charge is 2.21. The maximum absolute atomic E-state index is 10.7. The van der Waals surface area contributed by atoms with E-state index >= 15 is 0 Å². The van der Waals surface area contributed by atoms with Crippen molar-refractivity contribution in [1.29, 1.82) is 0 Å². The van der Waals surface area contributed by atoms with Gasteiger partial charge in [0.05, 0.1) is 0 Å². The smallest absolute Gasteiger partial charge is 0.135 e. The van der Waals surface area contributed by atoms with Crippen molar-refractivity contribution in [2.45, 2.75) is 31.3 Å². The third kappa shape index (κ3) is 1.77. The number of hydrogen-bond acceptors (Lipinski definition) is 3. The molecule has 2 unspecified atom stereocenters. The number of nitrogens with two attached hydrogens (primary N) is 2. The Morgan fingerprint density at radius 1 is 1.22 bits per heavy atom. The third-order valence-corrected chi connectivity index (χ3v) is 1.59. The van der Waals surface area contributed by atoms with Gasteiger partial charge in [0.1, 0.15) is 5.78 Å². The Balaban J connectivity index is 2.43. The lowest BCUT2D eigenvalue weighted by Gasteiger charge is -2.21. The second kappa shape index (κ2) is 2.45. The number of Topliss-reactive ketones (excluding diaryl/α,β-unsaturated/α-hetero) is 1. The van der Waals surface area contributed by atoms with E-state index in [0.29, 0.717) is 12.8 Å². The maximum atomic E-state index is 10.7. The molecule has 2 atom stereocenters. The lowest BCUT2D eigenvalue weighted by molar-refractivity contribution is -0.120. The molecule has 1 rings (SSSR count). The first-order valence-electron chi connectivity index (χ1n) is 3.21. The molecule has 4 N–H and O–H groups in total. The first-order chi connectivity index (χ1) is 4.18. The number of carbonyl (C=O) groups is 1. The van der Waals surface area contributed by atoms with E-state index in [4.69, 9.17) is 11.5 Å². The van der Waals surface area contributed by atoms with Gasteiger partial charge in [0.15, 0.2) is 0 Å². The first-order valence-corrected chi connectivity index (χ1v) is 3.21. The van der Waals surface area contributed by atoms with Crippen LogP contribution in [0, 0.1) is 0 Å². The van der Waals surface area contributed by atoms with Crippen molar-refractivity contribution in [2.24, 2.45) is 11.5 Å². The van der Waals surface area contributed by atoms with Crippen LogP contribution in [0.1, 0.15) is 19.3 Å². The monoisotopic (exact) mass is 128 g/mol. The van der Waals surface area contributed by atoms with E-state index < -0.39 is 0 Å². The van der Waals surface area contributed by atoms with Crippen LogP contribution in [0.2, 0.25) is 0 Å². The fraction of sp³-hybridized carbons (Fsp3) is 0.833. The van der Waals surface area contributed by atoms with Crippen molar-refractivity contribution in [2.75, 3.05) is 0 Å². The summed E-state index contributed by atoms with van der Waals surface area (Å²) >= 11 is 0. The lowest BCUT2D eigenvalue weighted by Crippen LogP contribution is -2.39. The largest absolute Gasteiger partial charge is 0.327 e. The molecule has 1 aliphatic rings. The summed E-state index contributed by atoms with van der Waals surface area (Å²) in [7, 11) is 0. The Morgan fingerprint density at radius 2 is 1.67 bits per heavy atom. The summed E-state index contributed by atoms with van der Waals surface area (Å²) in [5.41, 5.74) is 11.0. The van der Waals surface area contributed by atoms with E-state index in [1.807, 2.05) is 0 Å². The Morgan fingerprint density at radius 3 is 2.00 bits per heavy atom. The Labute approximate surface area is 54.4 Å². The van der Waals surface area contributed by atoms with Crippen molar-refractivity contribution in [1.82, 2.24) is 0 Å². The summed E-state index contributed by atoms with van der Waals surface area (Å²) in [5.74, 6) is 0.209. The lowest BCUT2D eigenvalue weighted by atomic mass is 9.91. The second-order valence-electron chi connectivity index (χ2n) is 2.70. The number of ketones is 1. The van der Waals surface area contributed by atoms with Crippen molar-refractivity contribution in [3.8, 4) is 0 Å². The van der Waals surface area contributed by atoms with Crippen LogP contribution in [0.25, 0.3) is 0 Å². The third-order valence-electron chi connectivity index (χ3n) is 1.59. The summed E-state index contributed by atoms with van der Waals surface area (Å²) in [5, 5.41) is 0. The van der Waals surface area contributed by atoms with Crippen LogP contribution in [-0.4, -0.2) is 17.9 Å². The minimum absolute atomic E-state index is 0.0150. The van der Waals surface area contributed by atoms with Crippen LogP contribution in [-0.2, 0) is 4.79 Å². The normalized spacial score (nSPS) is 36.9. The van der Waals surface area contributed by atoms with Gasteiger partial charge in [-0.15, -0.1) is 0 Å². The number of hydrogen-bond donors (Lipinski definition) is 2. The van der Waals surface area contributed by atoms with Crippen LogP contribution in [0.5, 0.6) is 0 Å². The molecule has 0 heterocycles. The van der Waals surface area contributed by atoms with Gasteiger partial charge in [0.25, 0.3) is 0 Å². The second-order valence-corrected chi connectivity index (χ2v) is 2.70. The van der Waals surface area contributed by atoms with Gasteiger partial charge in [-0.2, -0.15) is 0 Å². The molecule has 0 bridgehead atoms. The average Bonchev–Trinajstić information content (AvgIpc) is 1.59. The molecule has 0 aliphatic heterocycles. The summed E-state index contributed by atoms with van der Waals surface area (Å²) in [6, 6.07) is 0.0301. The summed E-state index contributed by atoms with van der Waals surface area (Å²) in [6.07, 6.45) is 1.84. The molecule has 0 spiro atoms. The summed E-state index contributed by atoms with van der Waals surface area (Å²) in [6.45, 7) is 0. The summed E-state index contributed by atoms with van der Waals surface area (Å²) in [4.78, 5) is 10.7. The molecular formula is C6H12N2O. The van der Waals surface area contributed by atoms with Crippen LogP contribution in [0.4, 0.5) is 0 Å². The molecule has 3 nitrogen and oxygen atoms in total. The molecule has 0 radical (unpaired) electrons. The molecule has 0 aromatic rings. The predicted octanol–water partition coefficient (Wildman–Crippen LogP) is -0.606. The zero-order valence-corrected chi connectivity index (χ0v) is 5.34. The maximum Gasteiger partial charge on any atom is 0.135 e. The molecule has 0 amide bonds. The molecule has 1 aliphatic carbocycles. The molecule has 1 saturated carbocycles. The molecule has 52 valence electrons. The van der Waals surface area contributed by atoms with E-state index in [0.717, 1.165) is 6.42 Å². The van der Waals surface area contributed by atoms with Gasteiger partial charge in [-0.3, -0.25) is 4.79 Å². The van der Waals surface area contributed by atoms with Gasteiger partial charge in [0.2, 0.25) is 0 Å². The highest BCUT2D eigenvalue weighted by Crippen LogP contribution is 2.11. The minimum Gasteiger partial charge on any atom is -0.327 e. The Bertz CT molecular complexity index is 112. The molecule has 1 fully saturated rings. The first kappa shape index (κ1) is 6.71. The Kier molecular flexibility index (Phi) is 1.83. The van der Waals surface area contributed by atoms with Crippen molar-refractivity contribution in [3.63, 3.8) is 0 Å². The van der Waals surface area contributed by atoms with Gasteiger partial charge in [-0.05, 0) is 6.42 Å². The van der Waals surface area contributed by atoms with Crippen LogP contribution >= 0.6 is 0 Å². The van der Waals surface area contributed by atoms with Gasteiger partial charge in [-0.25, -0.2) is 0 Å². The zero-order chi connectivity index (χ0) is 6.85. The highest BCUT2D eigenvalue weighted by molar-refractivity contribution is 5.80. The average molecular weight is 128 g/mol. The molecule has 0 saturated heterocycles. The van der Waals surface area contributed by atoms with E-state index in [1.54, 1.807) is 0 Å². The summed E-state index contributed by atoms with van der Waals surface area (Å²) < 4.78 is 0. The fourth-order valence-corrected chi connectivity index (χ4v) is 1.22. The fourth-order valence-electron chi connectivity index (χ4n) is 1.22. The van der Waals surface area contributed by atoms with Gasteiger partial charge in [0, 0.05) is 24.9 Å². The van der Waals surface area contributed by atoms with Crippen LogP contribution < -0.4 is 11.5 Å². The molecule has 0 aromatic carbocycles. The van der Waals surface area contributed by atoms with E-state index in [1.165, 1.54) is 0 Å². The van der Waals surface area contributed by atoms with Crippen LogP contribution in [0.3, 0.4) is 0 Å². The standard InChI is InChI=1S/C6H12N2O/c7-4-1-5(8)3-6(9)2-4/h4-5H,1-3,7-8H2. The minimum atomic E-state index is 0.0150. The number of rotatable bonds is 0. The highest BCUT2D eigenvalue weighted by atomic mass is 16.1. The Hall–Kier alpha value is -0.410. The van der Waals surface area contributed by atoms with Gasteiger partial charge < -0.3 is 11.5 Å². The predicted molar refractivity (Wildman–Crippen MR) is 34.8 cm³/mol. The van der Waals surface area contributed by atoms with Crippen molar-refractivity contribution in [3.05, 3.63) is 0 Å². The van der Waals surface area contributed by atoms with E-state index in [2.05, 4.69) is 0 Å². The SMILES string of the molecule is NC1CC(=O)CC(N)C1. The van der Waals surface area contributed by atoms with E-state index in [9.17, 15) is 4.79 Å². The van der Waals surface area contributed by atoms with Gasteiger partial charge >= 0.3 is 0 Å². The van der Waals surface area contributed by atoms with Gasteiger partial charge in [-0.1, -0.05) is 0 Å². The molecule has 9 heavy (non-hydrogen) atoms. The molecule has 3 heteroatoms. The van der Waals surface area contributed by atoms with E-state index in [-0.39, 0.29) is 17.9 Å². The van der Waals surface area contributed by atoms with Crippen molar-refractivity contribution < 1.29 is 4.79 Å². The van der Waals surface area contributed by atoms with Crippen molar-refractivity contribution >= 4 is 5.78 Å². The quantitative estimate of drug-likeness (QED) is 0.457. The molecular weight excluding hydrogens is 116 g/mol. The zero-order valence-electron chi connectivity index (χ0n) is 5.34. The molecule has 0 aromatic heterocycles. The number of carbonyl (C=O) groups excluding carboxylic acids is 1. The topological polar surface area (TPSA) is 69.1 Å².